The zero-order valence-corrected chi connectivity index (χ0v) is 18.3. The molecule has 4 rings (SSSR count). The standard InChI is InChI=1S/C26H26N4O3/c1-33-25-20(26(32)28-23(16-31)19-5-3-2-4-6-19)12-14-22-24(25)21(29-30-22)13-11-17-7-9-18(15-27)10-8-17/h2-14,23,31H,15-16,27H2,1H3,(H,28,32)(H,29,30)/b13-11+/t23-/m1/s1. The highest BCUT2D eigenvalue weighted by molar-refractivity contribution is 6.05. The lowest BCUT2D eigenvalue weighted by atomic mass is 10.0. The zero-order chi connectivity index (χ0) is 23.2. The summed E-state index contributed by atoms with van der Waals surface area (Å²) in [5, 5.41) is 20.8. The summed E-state index contributed by atoms with van der Waals surface area (Å²) in [5.74, 6) is 0.0757. The number of nitrogens with two attached hydrogens (primary N) is 1. The van der Waals surface area contributed by atoms with Gasteiger partial charge in [-0.3, -0.25) is 9.89 Å². The van der Waals surface area contributed by atoms with Crippen molar-refractivity contribution in [1.29, 1.82) is 0 Å². The van der Waals surface area contributed by atoms with Crippen LogP contribution in [-0.4, -0.2) is 34.9 Å². The Kier molecular flexibility index (Phi) is 6.83. The van der Waals surface area contributed by atoms with Crippen molar-refractivity contribution in [3.05, 3.63) is 94.7 Å². The molecule has 0 aliphatic rings. The van der Waals surface area contributed by atoms with E-state index in [1.54, 1.807) is 12.1 Å². The molecule has 0 unspecified atom stereocenters. The summed E-state index contributed by atoms with van der Waals surface area (Å²) in [5.41, 5.74) is 10.3. The third-order valence-electron chi connectivity index (χ3n) is 5.50. The van der Waals surface area contributed by atoms with Gasteiger partial charge in [0.1, 0.15) is 5.75 Å². The van der Waals surface area contributed by atoms with Crippen LogP contribution in [0.5, 0.6) is 5.75 Å². The lowest BCUT2D eigenvalue weighted by Gasteiger charge is -2.18. The summed E-state index contributed by atoms with van der Waals surface area (Å²) >= 11 is 0. The van der Waals surface area contributed by atoms with Gasteiger partial charge in [-0.15, -0.1) is 0 Å². The molecule has 1 atom stereocenters. The van der Waals surface area contributed by atoms with Crippen molar-refractivity contribution in [3.63, 3.8) is 0 Å². The van der Waals surface area contributed by atoms with E-state index >= 15 is 0 Å². The molecular weight excluding hydrogens is 416 g/mol. The van der Waals surface area contributed by atoms with E-state index in [0.29, 0.717) is 28.8 Å². The normalized spacial score (nSPS) is 12.2. The monoisotopic (exact) mass is 442 g/mol. The number of nitrogens with zero attached hydrogens (tertiary/aromatic N) is 1. The molecule has 7 heteroatoms. The number of hydrogen-bond donors (Lipinski definition) is 4. The summed E-state index contributed by atoms with van der Waals surface area (Å²) in [6, 6.07) is 20.2. The van der Waals surface area contributed by atoms with E-state index in [0.717, 1.165) is 22.4 Å². The van der Waals surface area contributed by atoms with Crippen LogP contribution < -0.4 is 15.8 Å². The first-order chi connectivity index (χ1) is 16.1. The second-order valence-corrected chi connectivity index (χ2v) is 7.58. The Labute approximate surface area is 191 Å². The maximum absolute atomic E-state index is 13.1. The molecule has 1 aromatic heterocycles. The summed E-state index contributed by atoms with van der Waals surface area (Å²) < 4.78 is 5.65. The number of carbonyl (C=O) groups excluding carboxylic acids is 1. The number of aliphatic hydroxyl groups excluding tert-OH is 1. The molecule has 0 aliphatic heterocycles. The van der Waals surface area contributed by atoms with Gasteiger partial charge >= 0.3 is 0 Å². The fourth-order valence-electron chi connectivity index (χ4n) is 3.71. The minimum Gasteiger partial charge on any atom is -0.495 e. The zero-order valence-electron chi connectivity index (χ0n) is 18.3. The third kappa shape index (κ3) is 4.79. The number of ether oxygens (including phenoxy) is 1. The average Bonchev–Trinajstić information content (AvgIpc) is 3.29. The van der Waals surface area contributed by atoms with Gasteiger partial charge in [0.2, 0.25) is 0 Å². The number of hydrogen-bond acceptors (Lipinski definition) is 5. The van der Waals surface area contributed by atoms with Gasteiger partial charge in [0, 0.05) is 6.54 Å². The van der Waals surface area contributed by atoms with Gasteiger partial charge in [0.25, 0.3) is 5.91 Å². The minimum absolute atomic E-state index is 0.219. The van der Waals surface area contributed by atoms with Crippen LogP contribution >= 0.6 is 0 Å². The molecule has 1 amide bonds. The SMILES string of the molecule is COc1c(C(=O)N[C@H](CO)c2ccccc2)ccc2n[nH]c(/C=C/c3ccc(CN)cc3)c12. The van der Waals surface area contributed by atoms with Crippen LogP contribution in [0, 0.1) is 0 Å². The maximum Gasteiger partial charge on any atom is 0.255 e. The lowest BCUT2D eigenvalue weighted by molar-refractivity contribution is 0.0913. The third-order valence-corrected chi connectivity index (χ3v) is 5.50. The van der Waals surface area contributed by atoms with Crippen LogP contribution in [0.15, 0.2) is 66.7 Å². The molecule has 0 saturated heterocycles. The number of nitrogens with one attached hydrogen (secondary N) is 2. The van der Waals surface area contributed by atoms with Gasteiger partial charge in [0.05, 0.1) is 41.9 Å². The van der Waals surface area contributed by atoms with Crippen LogP contribution in [0.2, 0.25) is 0 Å². The summed E-state index contributed by atoms with van der Waals surface area (Å²) in [6.45, 7) is 0.279. The molecule has 0 saturated carbocycles. The Morgan fingerprint density at radius 2 is 1.88 bits per heavy atom. The van der Waals surface area contributed by atoms with Crippen molar-refractivity contribution >= 4 is 29.0 Å². The van der Waals surface area contributed by atoms with E-state index in [1.165, 1.54) is 7.11 Å². The fraction of sp³-hybridized carbons (Fsp3) is 0.154. The molecule has 0 bridgehead atoms. The van der Waals surface area contributed by atoms with Crippen LogP contribution in [0.1, 0.15) is 38.8 Å². The van der Waals surface area contributed by atoms with E-state index < -0.39 is 6.04 Å². The number of aromatic amines is 1. The molecule has 3 aromatic carbocycles. The highest BCUT2D eigenvalue weighted by Gasteiger charge is 2.21. The van der Waals surface area contributed by atoms with E-state index in [1.807, 2.05) is 66.7 Å². The molecule has 7 nitrogen and oxygen atoms in total. The van der Waals surface area contributed by atoms with Crippen molar-refractivity contribution < 1.29 is 14.6 Å². The molecule has 0 spiro atoms. The molecule has 0 aliphatic carbocycles. The number of carbonyl (C=O) groups is 1. The molecule has 168 valence electrons. The van der Waals surface area contributed by atoms with Gasteiger partial charge in [-0.05, 0) is 34.9 Å². The largest absolute Gasteiger partial charge is 0.495 e. The average molecular weight is 443 g/mol. The second kappa shape index (κ2) is 10.1. The van der Waals surface area contributed by atoms with E-state index in [2.05, 4.69) is 15.5 Å². The van der Waals surface area contributed by atoms with Crippen molar-refractivity contribution in [1.82, 2.24) is 15.5 Å². The topological polar surface area (TPSA) is 113 Å². The Balaban J connectivity index is 1.65. The number of amides is 1. The highest BCUT2D eigenvalue weighted by atomic mass is 16.5. The van der Waals surface area contributed by atoms with E-state index in [9.17, 15) is 9.90 Å². The summed E-state index contributed by atoms with van der Waals surface area (Å²) in [4.78, 5) is 13.1. The van der Waals surface area contributed by atoms with Gasteiger partial charge in [-0.2, -0.15) is 5.10 Å². The minimum atomic E-state index is -0.528. The fourth-order valence-corrected chi connectivity index (χ4v) is 3.71. The van der Waals surface area contributed by atoms with E-state index in [-0.39, 0.29) is 12.5 Å². The number of rotatable bonds is 8. The Morgan fingerprint density at radius 1 is 1.12 bits per heavy atom. The molecule has 0 radical (unpaired) electrons. The van der Waals surface area contributed by atoms with Gasteiger partial charge < -0.3 is 20.9 Å². The number of benzene rings is 3. The van der Waals surface area contributed by atoms with Crippen molar-refractivity contribution in [2.75, 3.05) is 13.7 Å². The van der Waals surface area contributed by atoms with Gasteiger partial charge in [-0.25, -0.2) is 0 Å². The van der Waals surface area contributed by atoms with Gasteiger partial charge in [-0.1, -0.05) is 60.7 Å². The van der Waals surface area contributed by atoms with Crippen molar-refractivity contribution in [2.24, 2.45) is 5.73 Å². The number of aromatic nitrogens is 2. The first-order valence-electron chi connectivity index (χ1n) is 10.6. The maximum atomic E-state index is 13.1. The number of fused-ring (bicyclic) bond motifs is 1. The molecule has 0 fully saturated rings. The van der Waals surface area contributed by atoms with Crippen molar-refractivity contribution in [2.45, 2.75) is 12.6 Å². The number of methoxy groups -OCH3 is 1. The van der Waals surface area contributed by atoms with Crippen LogP contribution in [-0.2, 0) is 6.54 Å². The summed E-state index contributed by atoms with van der Waals surface area (Å²) in [7, 11) is 1.53. The van der Waals surface area contributed by atoms with Crippen LogP contribution in [0.25, 0.3) is 23.1 Å². The molecule has 4 aromatic rings. The first-order valence-corrected chi connectivity index (χ1v) is 10.6. The molecule has 5 N–H and O–H groups in total. The quantitative estimate of drug-likeness (QED) is 0.333. The molecular formula is C26H26N4O3. The highest BCUT2D eigenvalue weighted by Crippen LogP contribution is 2.32. The Morgan fingerprint density at radius 3 is 2.55 bits per heavy atom. The first kappa shape index (κ1) is 22.3. The summed E-state index contributed by atoms with van der Waals surface area (Å²) in [6.07, 6.45) is 3.86. The Bertz CT molecular complexity index is 1260. The van der Waals surface area contributed by atoms with Crippen LogP contribution in [0.4, 0.5) is 0 Å². The van der Waals surface area contributed by atoms with Crippen molar-refractivity contribution in [3.8, 4) is 5.75 Å². The molecule has 1 heterocycles. The number of aliphatic hydroxyl groups is 1. The Hall–Kier alpha value is -3.94. The second-order valence-electron chi connectivity index (χ2n) is 7.58. The molecule has 33 heavy (non-hydrogen) atoms. The lowest BCUT2D eigenvalue weighted by Crippen LogP contribution is -2.31. The van der Waals surface area contributed by atoms with E-state index in [4.69, 9.17) is 10.5 Å². The smallest absolute Gasteiger partial charge is 0.255 e. The predicted molar refractivity (Wildman–Crippen MR) is 130 cm³/mol. The predicted octanol–water partition coefficient (Wildman–Crippen LogP) is 3.66. The number of H-pyrrole nitrogens is 1. The van der Waals surface area contributed by atoms with Crippen LogP contribution in [0.3, 0.4) is 0 Å². The van der Waals surface area contributed by atoms with Gasteiger partial charge in [0.15, 0.2) is 0 Å².